The Hall–Kier alpha value is -0.560. The van der Waals surface area contributed by atoms with Gasteiger partial charge in [-0.25, -0.2) is 0 Å². The summed E-state index contributed by atoms with van der Waals surface area (Å²) in [7, 11) is 0. The molecule has 0 aliphatic rings. The highest BCUT2D eigenvalue weighted by molar-refractivity contribution is 5.00. The van der Waals surface area contributed by atoms with Crippen molar-refractivity contribution in [2.75, 3.05) is 6.61 Å². The highest BCUT2D eigenvalue weighted by Gasteiger charge is 2.16. The normalized spacial score (nSPS) is 15.5. The smallest absolute Gasteiger partial charge is 0.0612 e. The predicted octanol–water partition coefficient (Wildman–Crippen LogP) is 3.70. The Bertz CT molecular complexity index is 199. The van der Waals surface area contributed by atoms with Crippen molar-refractivity contribution in [1.29, 1.82) is 0 Å². The van der Waals surface area contributed by atoms with Crippen LogP contribution < -0.4 is 0 Å². The second-order valence-electron chi connectivity index (χ2n) is 4.41. The van der Waals surface area contributed by atoms with Crippen LogP contribution in [-0.4, -0.2) is 11.7 Å². The SMILES string of the molecule is CCC(C)(/C=C/CO)CCC=C(C)C. The van der Waals surface area contributed by atoms with E-state index >= 15 is 0 Å². The van der Waals surface area contributed by atoms with Crippen molar-refractivity contribution in [3.8, 4) is 0 Å². The largest absolute Gasteiger partial charge is 0.392 e. The highest BCUT2D eigenvalue weighted by atomic mass is 16.2. The Morgan fingerprint density at radius 3 is 2.43 bits per heavy atom. The fraction of sp³-hybridized carbons (Fsp3) is 0.692. The molecule has 0 spiro atoms. The molecule has 0 fully saturated rings. The Labute approximate surface area is 88.5 Å². The van der Waals surface area contributed by atoms with Crippen molar-refractivity contribution in [2.24, 2.45) is 5.41 Å². The summed E-state index contributed by atoms with van der Waals surface area (Å²) in [6.07, 6.45) is 9.69. The molecule has 0 aromatic rings. The molecule has 0 aliphatic heterocycles. The summed E-state index contributed by atoms with van der Waals surface area (Å²) in [6, 6.07) is 0. The molecule has 0 aromatic carbocycles. The van der Waals surface area contributed by atoms with Crippen LogP contribution in [0.2, 0.25) is 0 Å². The lowest BCUT2D eigenvalue weighted by molar-refractivity contribution is 0.334. The lowest BCUT2D eigenvalue weighted by Gasteiger charge is -2.23. The standard InChI is InChI=1S/C13H24O/c1-5-13(4,10-7-11-14)9-6-8-12(2)3/h7-8,10,14H,5-6,9,11H2,1-4H3/b10-7+. The maximum Gasteiger partial charge on any atom is 0.0612 e. The summed E-state index contributed by atoms with van der Waals surface area (Å²) in [5.74, 6) is 0. The minimum absolute atomic E-state index is 0.151. The minimum atomic E-state index is 0.151. The third kappa shape index (κ3) is 5.98. The molecule has 1 nitrogen and oxygen atoms in total. The fourth-order valence-electron chi connectivity index (χ4n) is 1.41. The molecule has 82 valence electrons. The fourth-order valence-corrected chi connectivity index (χ4v) is 1.41. The van der Waals surface area contributed by atoms with Gasteiger partial charge in [-0.1, -0.05) is 37.6 Å². The molecule has 0 saturated heterocycles. The molecule has 1 heteroatoms. The average Bonchev–Trinajstić information content (AvgIpc) is 2.14. The van der Waals surface area contributed by atoms with E-state index in [9.17, 15) is 0 Å². The van der Waals surface area contributed by atoms with Gasteiger partial charge in [0, 0.05) is 0 Å². The van der Waals surface area contributed by atoms with E-state index in [1.165, 1.54) is 5.57 Å². The Balaban J connectivity index is 4.12. The van der Waals surface area contributed by atoms with Crippen LogP contribution in [0, 0.1) is 5.41 Å². The monoisotopic (exact) mass is 196 g/mol. The molecular formula is C13H24O. The first-order valence-electron chi connectivity index (χ1n) is 5.46. The first-order valence-corrected chi connectivity index (χ1v) is 5.46. The molecule has 0 saturated carbocycles. The van der Waals surface area contributed by atoms with Crippen LogP contribution in [0.1, 0.15) is 47.0 Å². The van der Waals surface area contributed by atoms with Gasteiger partial charge >= 0.3 is 0 Å². The molecule has 14 heavy (non-hydrogen) atoms. The van der Waals surface area contributed by atoms with Gasteiger partial charge in [-0.3, -0.25) is 0 Å². The zero-order valence-corrected chi connectivity index (χ0v) is 10.0. The summed E-state index contributed by atoms with van der Waals surface area (Å²) < 4.78 is 0. The first-order chi connectivity index (χ1) is 6.54. The molecule has 0 aromatic heterocycles. The minimum Gasteiger partial charge on any atom is -0.392 e. The second-order valence-corrected chi connectivity index (χ2v) is 4.41. The third-order valence-electron chi connectivity index (χ3n) is 2.70. The van der Waals surface area contributed by atoms with Gasteiger partial charge in [-0.05, 0) is 38.5 Å². The van der Waals surface area contributed by atoms with Crippen LogP contribution in [0.3, 0.4) is 0 Å². The lowest BCUT2D eigenvalue weighted by Crippen LogP contribution is -2.11. The number of hydrogen-bond donors (Lipinski definition) is 1. The molecule has 0 aliphatic carbocycles. The van der Waals surface area contributed by atoms with Crippen molar-refractivity contribution in [3.05, 3.63) is 23.8 Å². The Kier molecular flexibility index (Phi) is 6.56. The molecular weight excluding hydrogens is 172 g/mol. The molecule has 0 radical (unpaired) electrons. The summed E-state index contributed by atoms with van der Waals surface area (Å²) in [4.78, 5) is 0. The summed E-state index contributed by atoms with van der Waals surface area (Å²) >= 11 is 0. The number of aliphatic hydroxyl groups is 1. The molecule has 0 amide bonds. The van der Waals surface area contributed by atoms with Gasteiger partial charge in [0.1, 0.15) is 0 Å². The number of aliphatic hydroxyl groups excluding tert-OH is 1. The van der Waals surface area contributed by atoms with Gasteiger partial charge in [0.25, 0.3) is 0 Å². The molecule has 0 heterocycles. The van der Waals surface area contributed by atoms with Crippen molar-refractivity contribution in [2.45, 2.75) is 47.0 Å². The molecule has 1 N–H and O–H groups in total. The summed E-state index contributed by atoms with van der Waals surface area (Å²) in [6.45, 7) is 8.86. The average molecular weight is 196 g/mol. The topological polar surface area (TPSA) is 20.2 Å². The first kappa shape index (κ1) is 13.4. The van der Waals surface area contributed by atoms with Gasteiger partial charge < -0.3 is 5.11 Å². The van der Waals surface area contributed by atoms with Gasteiger partial charge in [0.15, 0.2) is 0 Å². The quantitative estimate of drug-likeness (QED) is 0.642. The van der Waals surface area contributed by atoms with E-state index in [-0.39, 0.29) is 12.0 Å². The maximum absolute atomic E-state index is 8.74. The van der Waals surface area contributed by atoms with Crippen LogP contribution in [-0.2, 0) is 0 Å². The maximum atomic E-state index is 8.74. The van der Waals surface area contributed by atoms with E-state index in [1.807, 2.05) is 6.08 Å². The molecule has 0 rings (SSSR count). The van der Waals surface area contributed by atoms with Gasteiger partial charge in [-0.15, -0.1) is 0 Å². The van der Waals surface area contributed by atoms with E-state index < -0.39 is 0 Å². The predicted molar refractivity (Wildman–Crippen MR) is 63.3 cm³/mol. The second kappa shape index (κ2) is 6.83. The van der Waals surface area contributed by atoms with Gasteiger partial charge in [0.05, 0.1) is 6.61 Å². The van der Waals surface area contributed by atoms with Crippen molar-refractivity contribution < 1.29 is 5.11 Å². The number of allylic oxidation sites excluding steroid dienone is 3. The summed E-state index contributed by atoms with van der Waals surface area (Å²) in [5, 5.41) is 8.74. The van der Waals surface area contributed by atoms with Crippen molar-refractivity contribution >= 4 is 0 Å². The van der Waals surface area contributed by atoms with Gasteiger partial charge in [-0.2, -0.15) is 0 Å². The van der Waals surface area contributed by atoms with Crippen LogP contribution in [0.25, 0.3) is 0 Å². The molecule has 0 bridgehead atoms. The van der Waals surface area contributed by atoms with Crippen LogP contribution in [0.5, 0.6) is 0 Å². The van der Waals surface area contributed by atoms with E-state index in [1.54, 1.807) is 0 Å². The van der Waals surface area contributed by atoms with Crippen LogP contribution in [0.4, 0.5) is 0 Å². The van der Waals surface area contributed by atoms with E-state index in [4.69, 9.17) is 5.11 Å². The Morgan fingerprint density at radius 1 is 1.36 bits per heavy atom. The number of rotatable bonds is 6. The number of hydrogen-bond acceptors (Lipinski definition) is 1. The van der Waals surface area contributed by atoms with Crippen LogP contribution in [0.15, 0.2) is 23.8 Å². The van der Waals surface area contributed by atoms with E-state index in [2.05, 4.69) is 39.8 Å². The molecule has 1 unspecified atom stereocenters. The third-order valence-corrected chi connectivity index (χ3v) is 2.70. The molecule has 1 atom stereocenters. The summed E-state index contributed by atoms with van der Waals surface area (Å²) in [5.41, 5.74) is 1.63. The van der Waals surface area contributed by atoms with Crippen molar-refractivity contribution in [1.82, 2.24) is 0 Å². The zero-order valence-electron chi connectivity index (χ0n) is 10.0. The Morgan fingerprint density at radius 2 is 2.00 bits per heavy atom. The van der Waals surface area contributed by atoms with Crippen LogP contribution >= 0.6 is 0 Å². The van der Waals surface area contributed by atoms with Crippen molar-refractivity contribution in [3.63, 3.8) is 0 Å². The van der Waals surface area contributed by atoms with E-state index in [0.29, 0.717) is 0 Å². The van der Waals surface area contributed by atoms with Gasteiger partial charge in [0.2, 0.25) is 0 Å². The lowest BCUT2D eigenvalue weighted by atomic mass is 9.82. The van der Waals surface area contributed by atoms with E-state index in [0.717, 1.165) is 19.3 Å². The zero-order chi connectivity index (χ0) is 11.0. The highest BCUT2D eigenvalue weighted by Crippen LogP contribution is 2.29.